The summed E-state index contributed by atoms with van der Waals surface area (Å²) in [5, 5.41) is 8.59. The largest absolute Gasteiger partial charge is 0.496 e. The van der Waals surface area contributed by atoms with Crippen molar-refractivity contribution >= 4 is 21.9 Å². The predicted molar refractivity (Wildman–Crippen MR) is 74.1 cm³/mol. The standard InChI is InChI=1S/C13H18BrNO3/c1-15(8-6-13(16)17)7-5-10-3-4-12(18-2)11(14)9-10/h3-4,9H,5-8H2,1-2H3,(H,16,17). The van der Waals surface area contributed by atoms with Crippen LogP contribution in [0.4, 0.5) is 0 Å². The second-order valence-corrected chi connectivity index (χ2v) is 5.02. The highest BCUT2D eigenvalue weighted by Gasteiger charge is 2.05. The summed E-state index contributed by atoms with van der Waals surface area (Å²) in [6, 6.07) is 5.98. The summed E-state index contributed by atoms with van der Waals surface area (Å²) in [5.74, 6) is 0.0621. The molecule has 100 valence electrons. The summed E-state index contributed by atoms with van der Waals surface area (Å²) in [4.78, 5) is 12.5. The van der Waals surface area contributed by atoms with E-state index in [4.69, 9.17) is 9.84 Å². The molecular formula is C13H18BrNO3. The molecule has 0 spiro atoms. The number of aliphatic carboxylic acids is 1. The number of carboxylic acid groups (broad SMARTS) is 1. The first-order chi connectivity index (χ1) is 8.52. The van der Waals surface area contributed by atoms with E-state index < -0.39 is 5.97 Å². The van der Waals surface area contributed by atoms with Crippen LogP contribution in [0.3, 0.4) is 0 Å². The van der Waals surface area contributed by atoms with Crippen molar-refractivity contribution in [3.8, 4) is 5.75 Å². The van der Waals surface area contributed by atoms with E-state index in [1.165, 1.54) is 5.56 Å². The summed E-state index contributed by atoms with van der Waals surface area (Å²) < 4.78 is 6.11. The first kappa shape index (κ1) is 15.0. The fourth-order valence-electron chi connectivity index (χ4n) is 1.58. The molecule has 0 bridgehead atoms. The van der Waals surface area contributed by atoms with E-state index >= 15 is 0 Å². The number of hydrogen-bond acceptors (Lipinski definition) is 3. The molecule has 0 saturated heterocycles. The maximum Gasteiger partial charge on any atom is 0.304 e. The van der Waals surface area contributed by atoms with E-state index in [-0.39, 0.29) is 6.42 Å². The molecule has 1 aromatic rings. The van der Waals surface area contributed by atoms with E-state index in [1.54, 1.807) is 7.11 Å². The molecule has 1 N–H and O–H groups in total. The maximum atomic E-state index is 10.4. The van der Waals surface area contributed by atoms with Crippen LogP contribution in [0.5, 0.6) is 5.75 Å². The van der Waals surface area contributed by atoms with Gasteiger partial charge in [-0.15, -0.1) is 0 Å². The highest BCUT2D eigenvalue weighted by atomic mass is 79.9. The third-order valence-electron chi connectivity index (χ3n) is 2.71. The monoisotopic (exact) mass is 315 g/mol. The van der Waals surface area contributed by atoms with Gasteiger partial charge in [-0.3, -0.25) is 4.79 Å². The lowest BCUT2D eigenvalue weighted by atomic mass is 10.1. The van der Waals surface area contributed by atoms with Gasteiger partial charge < -0.3 is 14.7 Å². The molecule has 1 aromatic carbocycles. The van der Waals surface area contributed by atoms with Gasteiger partial charge in [0, 0.05) is 13.1 Å². The van der Waals surface area contributed by atoms with Crippen LogP contribution in [0.25, 0.3) is 0 Å². The Balaban J connectivity index is 2.43. The second-order valence-electron chi connectivity index (χ2n) is 4.17. The van der Waals surface area contributed by atoms with Crippen molar-refractivity contribution in [3.63, 3.8) is 0 Å². The van der Waals surface area contributed by atoms with Gasteiger partial charge in [-0.25, -0.2) is 0 Å². The van der Waals surface area contributed by atoms with Crippen molar-refractivity contribution < 1.29 is 14.6 Å². The van der Waals surface area contributed by atoms with Crippen molar-refractivity contribution in [1.82, 2.24) is 4.90 Å². The summed E-state index contributed by atoms with van der Waals surface area (Å²) >= 11 is 3.45. The maximum absolute atomic E-state index is 10.4. The van der Waals surface area contributed by atoms with Crippen molar-refractivity contribution in [2.24, 2.45) is 0 Å². The Kier molecular flexibility index (Phi) is 6.15. The molecule has 0 aliphatic rings. The summed E-state index contributed by atoms with van der Waals surface area (Å²) in [5.41, 5.74) is 1.20. The average Bonchev–Trinajstić information content (AvgIpc) is 2.34. The summed E-state index contributed by atoms with van der Waals surface area (Å²) in [6.45, 7) is 1.42. The Hall–Kier alpha value is -1.07. The van der Waals surface area contributed by atoms with Crippen LogP contribution in [-0.2, 0) is 11.2 Å². The molecule has 0 saturated carbocycles. The average molecular weight is 316 g/mol. The molecule has 1 rings (SSSR count). The quantitative estimate of drug-likeness (QED) is 0.839. The summed E-state index contributed by atoms with van der Waals surface area (Å²) in [7, 11) is 3.57. The minimum atomic E-state index is -0.756. The second kappa shape index (κ2) is 7.38. The molecular weight excluding hydrogens is 298 g/mol. The number of methoxy groups -OCH3 is 1. The Morgan fingerprint density at radius 3 is 2.72 bits per heavy atom. The SMILES string of the molecule is COc1ccc(CCN(C)CCC(=O)O)cc1Br. The Morgan fingerprint density at radius 1 is 1.44 bits per heavy atom. The molecule has 4 nitrogen and oxygen atoms in total. The van der Waals surface area contributed by atoms with Crippen LogP contribution in [0, 0.1) is 0 Å². The van der Waals surface area contributed by atoms with Gasteiger partial charge in [0.2, 0.25) is 0 Å². The van der Waals surface area contributed by atoms with Crippen LogP contribution in [0.1, 0.15) is 12.0 Å². The number of nitrogens with zero attached hydrogens (tertiary/aromatic N) is 1. The highest BCUT2D eigenvalue weighted by molar-refractivity contribution is 9.10. The Bertz CT molecular complexity index is 409. The number of benzene rings is 1. The first-order valence-electron chi connectivity index (χ1n) is 5.75. The van der Waals surface area contributed by atoms with Crippen molar-refractivity contribution in [3.05, 3.63) is 28.2 Å². The van der Waals surface area contributed by atoms with Crippen molar-refractivity contribution in [2.75, 3.05) is 27.2 Å². The summed E-state index contributed by atoms with van der Waals surface area (Å²) in [6.07, 6.45) is 1.07. The van der Waals surface area contributed by atoms with E-state index in [2.05, 4.69) is 15.9 Å². The lowest BCUT2D eigenvalue weighted by Crippen LogP contribution is -2.24. The molecule has 18 heavy (non-hydrogen) atoms. The smallest absolute Gasteiger partial charge is 0.304 e. The van der Waals surface area contributed by atoms with Crippen molar-refractivity contribution in [1.29, 1.82) is 0 Å². The van der Waals surface area contributed by atoms with Crippen LogP contribution < -0.4 is 4.74 Å². The molecule has 0 radical (unpaired) electrons. The van der Waals surface area contributed by atoms with Gasteiger partial charge in [-0.2, -0.15) is 0 Å². The fourth-order valence-corrected chi connectivity index (χ4v) is 2.17. The zero-order valence-corrected chi connectivity index (χ0v) is 12.2. The topological polar surface area (TPSA) is 49.8 Å². The molecule has 5 heteroatoms. The van der Waals surface area contributed by atoms with Gasteiger partial charge in [-0.05, 0) is 47.1 Å². The first-order valence-corrected chi connectivity index (χ1v) is 6.55. The molecule has 0 heterocycles. The zero-order valence-electron chi connectivity index (χ0n) is 10.6. The third kappa shape index (κ3) is 5.06. The number of rotatable bonds is 7. The van der Waals surface area contributed by atoms with Gasteiger partial charge in [0.05, 0.1) is 18.0 Å². The lowest BCUT2D eigenvalue weighted by molar-refractivity contribution is -0.137. The van der Waals surface area contributed by atoms with E-state index in [1.807, 2.05) is 30.1 Å². The van der Waals surface area contributed by atoms with Crippen LogP contribution in [0.15, 0.2) is 22.7 Å². The van der Waals surface area contributed by atoms with Gasteiger partial charge in [-0.1, -0.05) is 6.07 Å². The number of carbonyl (C=O) groups is 1. The van der Waals surface area contributed by atoms with Crippen molar-refractivity contribution in [2.45, 2.75) is 12.8 Å². The third-order valence-corrected chi connectivity index (χ3v) is 3.33. The number of ether oxygens (including phenoxy) is 1. The number of halogens is 1. The Labute approximate surface area is 116 Å². The van der Waals surface area contributed by atoms with E-state index in [0.717, 1.165) is 23.2 Å². The molecule has 0 amide bonds. The number of hydrogen-bond donors (Lipinski definition) is 1. The van der Waals surface area contributed by atoms with E-state index in [0.29, 0.717) is 6.54 Å². The molecule has 0 fully saturated rings. The molecule has 0 unspecified atom stereocenters. The van der Waals surface area contributed by atoms with Gasteiger partial charge in [0.1, 0.15) is 5.75 Å². The predicted octanol–water partition coefficient (Wildman–Crippen LogP) is 2.41. The molecule has 0 aliphatic heterocycles. The minimum Gasteiger partial charge on any atom is -0.496 e. The fraction of sp³-hybridized carbons (Fsp3) is 0.462. The van der Waals surface area contributed by atoms with Gasteiger partial charge in [0.15, 0.2) is 0 Å². The lowest BCUT2D eigenvalue weighted by Gasteiger charge is -2.15. The highest BCUT2D eigenvalue weighted by Crippen LogP contribution is 2.25. The van der Waals surface area contributed by atoms with Crippen LogP contribution >= 0.6 is 15.9 Å². The Morgan fingerprint density at radius 2 is 2.17 bits per heavy atom. The van der Waals surface area contributed by atoms with Crippen LogP contribution in [-0.4, -0.2) is 43.2 Å². The number of carboxylic acids is 1. The van der Waals surface area contributed by atoms with Gasteiger partial charge in [0.25, 0.3) is 0 Å². The van der Waals surface area contributed by atoms with Crippen LogP contribution in [0.2, 0.25) is 0 Å². The molecule has 0 aromatic heterocycles. The number of likely N-dealkylation sites (N-methyl/N-ethyl adjacent to an activating group) is 1. The molecule has 0 atom stereocenters. The van der Waals surface area contributed by atoms with E-state index in [9.17, 15) is 4.79 Å². The van der Waals surface area contributed by atoms with Gasteiger partial charge >= 0.3 is 5.97 Å². The zero-order chi connectivity index (χ0) is 13.5. The minimum absolute atomic E-state index is 0.183. The molecule has 0 aliphatic carbocycles. The normalized spacial score (nSPS) is 10.7.